The van der Waals surface area contributed by atoms with Crippen LogP contribution in [0, 0.1) is 12.7 Å². The van der Waals surface area contributed by atoms with Gasteiger partial charge in [0.25, 0.3) is 0 Å². The van der Waals surface area contributed by atoms with Crippen molar-refractivity contribution in [1.29, 1.82) is 0 Å². The molecule has 1 N–H and O–H groups in total. The second-order valence-electron chi connectivity index (χ2n) is 4.96. The minimum absolute atomic E-state index is 0.225. The fourth-order valence-corrected chi connectivity index (χ4v) is 2.41. The molecular weight excluding hydrogens is 265 g/mol. The Morgan fingerprint density at radius 2 is 1.52 bits per heavy atom. The van der Waals surface area contributed by atoms with Crippen LogP contribution in [0.2, 0.25) is 0 Å². The molecule has 0 atom stereocenters. The van der Waals surface area contributed by atoms with Crippen LogP contribution < -0.4 is 4.74 Å². The number of ether oxygens (including phenoxy) is 1. The maximum Gasteiger partial charge on any atom is 0.123 e. The largest absolute Gasteiger partial charge is 0.497 e. The first-order valence-corrected chi connectivity index (χ1v) is 6.77. The molecule has 3 rings (SSSR count). The van der Waals surface area contributed by atoms with E-state index in [1.165, 1.54) is 12.1 Å². The summed E-state index contributed by atoms with van der Waals surface area (Å²) in [6.07, 6.45) is 0. The smallest absolute Gasteiger partial charge is 0.123 e. The van der Waals surface area contributed by atoms with Crippen molar-refractivity contribution < 1.29 is 9.13 Å². The summed E-state index contributed by atoms with van der Waals surface area (Å²) < 4.78 is 18.2. The second kappa shape index (κ2) is 5.44. The molecule has 3 heteroatoms. The van der Waals surface area contributed by atoms with E-state index in [1.54, 1.807) is 19.2 Å². The predicted octanol–water partition coefficient (Wildman–Crippen LogP) is 4.80. The Morgan fingerprint density at radius 3 is 2.14 bits per heavy atom. The number of rotatable bonds is 3. The lowest BCUT2D eigenvalue weighted by Gasteiger charge is -2.02. The van der Waals surface area contributed by atoms with Crippen molar-refractivity contribution in [1.82, 2.24) is 4.98 Å². The molecule has 3 aromatic rings. The van der Waals surface area contributed by atoms with Crippen molar-refractivity contribution in [3.05, 3.63) is 66.1 Å². The maximum absolute atomic E-state index is 13.0. The number of halogens is 1. The zero-order valence-electron chi connectivity index (χ0n) is 12.0. The minimum Gasteiger partial charge on any atom is -0.497 e. The molecule has 1 aromatic heterocycles. The molecule has 0 bridgehead atoms. The molecule has 0 fully saturated rings. The molecule has 0 radical (unpaired) electrons. The van der Waals surface area contributed by atoms with Crippen LogP contribution in [0.25, 0.3) is 22.4 Å². The summed E-state index contributed by atoms with van der Waals surface area (Å²) in [7, 11) is 1.66. The summed E-state index contributed by atoms with van der Waals surface area (Å²) >= 11 is 0. The minimum atomic E-state index is -0.225. The van der Waals surface area contributed by atoms with Gasteiger partial charge in [-0.25, -0.2) is 4.39 Å². The van der Waals surface area contributed by atoms with Crippen LogP contribution in [-0.2, 0) is 0 Å². The molecule has 106 valence electrons. The van der Waals surface area contributed by atoms with Gasteiger partial charge in [0.2, 0.25) is 0 Å². The van der Waals surface area contributed by atoms with Crippen LogP contribution in [0.15, 0.2) is 54.6 Å². The fraction of sp³-hybridized carbons (Fsp3) is 0.111. The summed E-state index contributed by atoms with van der Waals surface area (Å²) in [5.41, 5.74) is 5.30. The summed E-state index contributed by atoms with van der Waals surface area (Å²) in [6.45, 7) is 2.03. The lowest BCUT2D eigenvalue weighted by atomic mass is 10.1. The van der Waals surface area contributed by atoms with Gasteiger partial charge in [-0.3, -0.25) is 0 Å². The van der Waals surface area contributed by atoms with Gasteiger partial charge in [-0.2, -0.15) is 0 Å². The Morgan fingerprint density at radius 1 is 0.905 bits per heavy atom. The highest BCUT2D eigenvalue weighted by molar-refractivity contribution is 5.74. The number of benzene rings is 2. The van der Waals surface area contributed by atoms with Gasteiger partial charge in [0.05, 0.1) is 7.11 Å². The molecule has 2 nitrogen and oxygen atoms in total. The number of methoxy groups -OCH3 is 1. The highest BCUT2D eigenvalue weighted by Gasteiger charge is 2.08. The average Bonchev–Trinajstić information content (AvgIpc) is 2.90. The molecule has 0 aliphatic heterocycles. The summed E-state index contributed by atoms with van der Waals surface area (Å²) in [4.78, 5) is 3.35. The topological polar surface area (TPSA) is 25.0 Å². The fourth-order valence-electron chi connectivity index (χ4n) is 2.41. The third-order valence-corrected chi connectivity index (χ3v) is 3.57. The van der Waals surface area contributed by atoms with Crippen LogP contribution in [0.1, 0.15) is 5.69 Å². The van der Waals surface area contributed by atoms with E-state index in [-0.39, 0.29) is 5.82 Å². The molecule has 0 unspecified atom stereocenters. The number of nitrogens with one attached hydrogen (secondary N) is 1. The lowest BCUT2D eigenvalue weighted by molar-refractivity contribution is 0.415. The van der Waals surface area contributed by atoms with E-state index in [2.05, 4.69) is 11.1 Å². The molecule has 0 spiro atoms. The summed E-state index contributed by atoms with van der Waals surface area (Å²) in [5.74, 6) is 0.614. The van der Waals surface area contributed by atoms with Gasteiger partial charge in [-0.1, -0.05) is 12.1 Å². The number of H-pyrrole nitrogens is 1. The normalized spacial score (nSPS) is 10.6. The number of hydrogen-bond donors (Lipinski definition) is 1. The molecule has 0 saturated heterocycles. The van der Waals surface area contributed by atoms with E-state index in [0.717, 1.165) is 33.8 Å². The molecule has 0 aliphatic rings. The molecule has 21 heavy (non-hydrogen) atoms. The van der Waals surface area contributed by atoms with E-state index in [1.807, 2.05) is 31.2 Å². The van der Waals surface area contributed by atoms with Crippen LogP contribution >= 0.6 is 0 Å². The van der Waals surface area contributed by atoms with Crippen LogP contribution in [0.4, 0.5) is 4.39 Å². The van der Waals surface area contributed by atoms with Gasteiger partial charge in [0.1, 0.15) is 11.6 Å². The van der Waals surface area contributed by atoms with Gasteiger partial charge in [-0.15, -0.1) is 0 Å². The van der Waals surface area contributed by atoms with Gasteiger partial charge < -0.3 is 9.72 Å². The van der Waals surface area contributed by atoms with Crippen LogP contribution in [0.5, 0.6) is 5.75 Å². The first-order valence-electron chi connectivity index (χ1n) is 6.77. The van der Waals surface area contributed by atoms with Gasteiger partial charge in [0, 0.05) is 17.0 Å². The van der Waals surface area contributed by atoms with Gasteiger partial charge in [-0.05, 0) is 60.5 Å². The van der Waals surface area contributed by atoms with Gasteiger partial charge >= 0.3 is 0 Å². The number of aromatic nitrogens is 1. The van der Waals surface area contributed by atoms with Crippen molar-refractivity contribution in [3.63, 3.8) is 0 Å². The Kier molecular flexibility index (Phi) is 3.48. The monoisotopic (exact) mass is 281 g/mol. The maximum atomic E-state index is 13.0. The highest BCUT2D eigenvalue weighted by Crippen LogP contribution is 2.30. The third kappa shape index (κ3) is 2.68. The molecule has 0 aliphatic carbocycles. The zero-order chi connectivity index (χ0) is 14.8. The van der Waals surface area contributed by atoms with Crippen molar-refractivity contribution in [2.45, 2.75) is 6.92 Å². The van der Waals surface area contributed by atoms with Crippen LogP contribution in [0.3, 0.4) is 0 Å². The van der Waals surface area contributed by atoms with E-state index in [0.29, 0.717) is 0 Å². The molecule has 0 saturated carbocycles. The Hall–Kier alpha value is -2.55. The quantitative estimate of drug-likeness (QED) is 0.732. The van der Waals surface area contributed by atoms with E-state index in [4.69, 9.17) is 4.74 Å². The van der Waals surface area contributed by atoms with Crippen molar-refractivity contribution >= 4 is 0 Å². The van der Waals surface area contributed by atoms with Gasteiger partial charge in [0.15, 0.2) is 0 Å². The van der Waals surface area contributed by atoms with E-state index in [9.17, 15) is 4.39 Å². The second-order valence-corrected chi connectivity index (χ2v) is 4.96. The average molecular weight is 281 g/mol. The van der Waals surface area contributed by atoms with Crippen molar-refractivity contribution in [3.8, 4) is 28.1 Å². The number of aromatic amines is 1. The number of hydrogen-bond acceptors (Lipinski definition) is 1. The van der Waals surface area contributed by atoms with Crippen LogP contribution in [-0.4, -0.2) is 12.1 Å². The molecule has 1 heterocycles. The Labute approximate surface area is 123 Å². The molecule has 2 aromatic carbocycles. The van der Waals surface area contributed by atoms with E-state index < -0.39 is 0 Å². The third-order valence-electron chi connectivity index (χ3n) is 3.57. The summed E-state index contributed by atoms with van der Waals surface area (Å²) in [6, 6.07) is 16.5. The summed E-state index contributed by atoms with van der Waals surface area (Å²) in [5, 5.41) is 0. The standard InChI is InChI=1S/C18H16FNO/c1-12-17(13-5-9-16(21-2)10-6-13)11-18(20-12)14-3-7-15(19)8-4-14/h3-11,20H,1-2H3. The van der Waals surface area contributed by atoms with E-state index >= 15 is 0 Å². The molecule has 0 amide bonds. The molecular formula is C18H16FNO. The Balaban J connectivity index is 1.98. The lowest BCUT2D eigenvalue weighted by Crippen LogP contribution is -1.83. The predicted molar refractivity (Wildman–Crippen MR) is 82.9 cm³/mol. The first-order chi connectivity index (χ1) is 10.2. The Bertz CT molecular complexity index is 742. The zero-order valence-corrected chi connectivity index (χ0v) is 12.0. The SMILES string of the molecule is COc1ccc(-c2cc(-c3ccc(F)cc3)[nH]c2C)cc1. The number of aryl methyl sites for hydroxylation is 1. The first kappa shape index (κ1) is 13.4. The highest BCUT2D eigenvalue weighted by atomic mass is 19.1. The van der Waals surface area contributed by atoms with Crippen molar-refractivity contribution in [2.75, 3.05) is 7.11 Å². The van der Waals surface area contributed by atoms with Crippen molar-refractivity contribution in [2.24, 2.45) is 0 Å².